The second-order valence-electron chi connectivity index (χ2n) is 20.5. The van der Waals surface area contributed by atoms with Gasteiger partial charge in [-0.15, -0.1) is 0 Å². The van der Waals surface area contributed by atoms with Crippen molar-refractivity contribution in [1.82, 2.24) is 0 Å². The summed E-state index contributed by atoms with van der Waals surface area (Å²) in [6.45, 7) is 0. The van der Waals surface area contributed by atoms with Crippen molar-refractivity contribution in [3.05, 3.63) is 183 Å². The number of phenols is 13. The number of aromatic hydroxyl groups is 13. The van der Waals surface area contributed by atoms with Crippen LogP contribution in [-0.2, 0) is 6.42 Å². The fraction of sp³-hybridized carbons (Fsp3) is 0.200. The Morgan fingerprint density at radius 1 is 0.296 bits per heavy atom. The van der Waals surface area contributed by atoms with Gasteiger partial charge in [0.25, 0.3) is 0 Å². The van der Waals surface area contributed by atoms with Crippen molar-refractivity contribution in [1.29, 1.82) is 0 Å². The molecule has 4 heterocycles. The number of ether oxygens (including phenoxy) is 4. The quantitative estimate of drug-likeness (QED) is 0.0731. The highest BCUT2D eigenvalue weighted by Crippen LogP contribution is 2.62. The molecule has 0 radical (unpaired) electrons. The maximum absolute atomic E-state index is 13.0. The van der Waals surface area contributed by atoms with Crippen molar-refractivity contribution in [2.45, 2.75) is 73.0 Å². The molecule has 81 heavy (non-hydrogen) atoms. The number of benzene rings is 8. The van der Waals surface area contributed by atoms with E-state index in [1.54, 1.807) is 0 Å². The number of fused-ring (bicyclic) bond motifs is 4. The van der Waals surface area contributed by atoms with Gasteiger partial charge < -0.3 is 106 Å². The van der Waals surface area contributed by atoms with E-state index in [1.165, 1.54) is 72.8 Å². The number of phenolic OH excluding ortho intramolecular Hbond substituents is 13. The van der Waals surface area contributed by atoms with Gasteiger partial charge in [-0.25, -0.2) is 0 Å². The second-order valence-corrected chi connectivity index (χ2v) is 20.5. The van der Waals surface area contributed by atoms with E-state index in [4.69, 9.17) is 18.9 Å². The van der Waals surface area contributed by atoms with E-state index in [2.05, 4.69) is 0 Å². The summed E-state index contributed by atoms with van der Waals surface area (Å²) in [5, 5.41) is 193. The summed E-state index contributed by atoms with van der Waals surface area (Å²) in [6.07, 6.45) is -12.7. The van der Waals surface area contributed by atoms with Crippen molar-refractivity contribution in [2.75, 3.05) is 0 Å². The van der Waals surface area contributed by atoms with Crippen molar-refractivity contribution in [3.8, 4) is 97.7 Å². The van der Waals surface area contributed by atoms with Crippen LogP contribution < -0.4 is 18.9 Å². The summed E-state index contributed by atoms with van der Waals surface area (Å²) in [6, 6.07) is 24.6. The molecule has 11 atom stereocenters. The van der Waals surface area contributed by atoms with Gasteiger partial charge in [0.1, 0.15) is 76.2 Å². The van der Waals surface area contributed by atoms with Gasteiger partial charge >= 0.3 is 0 Å². The molecule has 0 bridgehead atoms. The van der Waals surface area contributed by atoms with Crippen molar-refractivity contribution >= 4 is 0 Å². The number of aliphatic hydroxyl groups is 4. The summed E-state index contributed by atoms with van der Waals surface area (Å²) in [7, 11) is 0. The average Bonchev–Trinajstić information content (AvgIpc) is 3.23. The lowest BCUT2D eigenvalue weighted by Gasteiger charge is -2.44. The fourth-order valence-electron chi connectivity index (χ4n) is 11.9. The van der Waals surface area contributed by atoms with Crippen LogP contribution in [0.2, 0.25) is 0 Å². The molecule has 0 aromatic heterocycles. The average molecular weight is 1110 g/mol. The minimum atomic E-state index is -1.86. The van der Waals surface area contributed by atoms with Gasteiger partial charge in [0.2, 0.25) is 0 Å². The molecule has 17 N–H and O–H groups in total. The Labute approximate surface area is 457 Å². The predicted molar refractivity (Wildman–Crippen MR) is 280 cm³/mol. The van der Waals surface area contributed by atoms with E-state index in [0.29, 0.717) is 5.56 Å². The van der Waals surface area contributed by atoms with Crippen molar-refractivity contribution < 1.29 is 106 Å². The van der Waals surface area contributed by atoms with Gasteiger partial charge in [-0.05, 0) is 94.5 Å². The molecule has 416 valence electrons. The first-order chi connectivity index (χ1) is 38.7. The predicted octanol–water partition coefficient (Wildman–Crippen LogP) is 6.78. The van der Waals surface area contributed by atoms with Crippen LogP contribution in [0.5, 0.6) is 97.7 Å². The van der Waals surface area contributed by atoms with Crippen LogP contribution in [0.25, 0.3) is 0 Å². The van der Waals surface area contributed by atoms with Crippen molar-refractivity contribution in [2.24, 2.45) is 0 Å². The Morgan fingerprint density at radius 2 is 0.654 bits per heavy atom. The first kappa shape index (κ1) is 51.9. The summed E-state index contributed by atoms with van der Waals surface area (Å²) in [5.74, 6) is -12.5. The second kappa shape index (κ2) is 19.2. The molecule has 12 rings (SSSR count). The third-order valence-electron chi connectivity index (χ3n) is 15.7. The van der Waals surface area contributed by atoms with Crippen molar-refractivity contribution in [3.63, 3.8) is 0 Å². The molecule has 21 nitrogen and oxygen atoms in total. The van der Waals surface area contributed by atoms with Crippen LogP contribution in [0.1, 0.15) is 103 Å². The Kier molecular flexibility index (Phi) is 12.3. The van der Waals surface area contributed by atoms with Gasteiger partial charge in [-0.3, -0.25) is 0 Å². The summed E-state index contributed by atoms with van der Waals surface area (Å²) < 4.78 is 26.3. The van der Waals surface area contributed by atoms with Crippen LogP contribution in [0.15, 0.2) is 121 Å². The van der Waals surface area contributed by atoms with Crippen LogP contribution >= 0.6 is 0 Å². The molecule has 11 unspecified atom stereocenters. The normalized spacial score (nSPS) is 24.4. The number of rotatable bonds is 7. The molecule has 0 aliphatic carbocycles. The lowest BCUT2D eigenvalue weighted by Crippen LogP contribution is -2.39. The van der Waals surface area contributed by atoms with Gasteiger partial charge in [0, 0.05) is 63.8 Å². The Morgan fingerprint density at radius 3 is 1.10 bits per heavy atom. The minimum Gasteiger partial charge on any atom is -0.508 e. The van der Waals surface area contributed by atoms with E-state index in [-0.39, 0.29) is 85.1 Å². The van der Waals surface area contributed by atoms with Crippen LogP contribution in [-0.4, -0.2) is 111 Å². The zero-order valence-electron chi connectivity index (χ0n) is 41.8. The molecule has 0 saturated carbocycles. The monoisotopic (exact) mass is 1110 g/mol. The number of hydrogen-bond acceptors (Lipinski definition) is 21. The molecule has 0 saturated heterocycles. The Bertz CT molecular complexity index is 3860. The molecule has 4 aliphatic rings. The SMILES string of the molecule is Oc1cc(O)c2c(c1)OC(c1ccc(O)c(O)c1)C(O)C2c1c(O)ccc2c1OC(c1ccc(O)c(O)c1)C(O)C2c1c(O)ccc2c1OC(c1ccc(O)c(O)c1)C(O)C2c1c(O)ccc2c1OC(c1ccc(O)c(O)c1)C(O)C2. The molecule has 0 fully saturated rings. The first-order valence-corrected chi connectivity index (χ1v) is 25.3. The maximum Gasteiger partial charge on any atom is 0.157 e. The highest BCUT2D eigenvalue weighted by molar-refractivity contribution is 5.69. The van der Waals surface area contributed by atoms with Gasteiger partial charge in [0.05, 0.1) is 12.0 Å². The van der Waals surface area contributed by atoms with E-state index in [1.807, 2.05) is 0 Å². The highest BCUT2D eigenvalue weighted by Gasteiger charge is 2.51. The maximum atomic E-state index is 13.0. The standard InChI is InChI=1S/C60H50O21/c61-27-20-41(73)46-43(21-27)78-56(24-2-9-31(63)38(70)16-24)53(77)50(46)49-36(68)14-7-29-45(52(76)58(81-60(29)49)26-4-11-33(65)40(72)18-26)48-35(67)13-6-28-44(51(75)57(80-59(28)48)25-3-10-32(64)39(71)17-25)47-34(66)12-5-23-19-42(74)54(79-55(23)47)22-1-8-30(62)37(69)15-22/h1-18,20-21,42,44-45,50-54,56-58,61-77H,19H2. The summed E-state index contributed by atoms with van der Waals surface area (Å²) in [5.41, 5.74) is -0.00385. The summed E-state index contributed by atoms with van der Waals surface area (Å²) in [4.78, 5) is 0. The minimum absolute atomic E-state index is 0.00788. The Hall–Kier alpha value is -9.80. The third kappa shape index (κ3) is 8.40. The molecule has 4 aliphatic heterocycles. The first-order valence-electron chi connectivity index (χ1n) is 25.3. The third-order valence-corrected chi connectivity index (χ3v) is 15.7. The van der Waals surface area contributed by atoms with Gasteiger partial charge in [-0.2, -0.15) is 0 Å². The van der Waals surface area contributed by atoms with Gasteiger partial charge in [0.15, 0.2) is 64.3 Å². The lowest BCUT2D eigenvalue weighted by molar-refractivity contribution is -0.00770. The zero-order valence-corrected chi connectivity index (χ0v) is 41.8. The molecule has 8 aromatic carbocycles. The van der Waals surface area contributed by atoms with E-state index < -0.39 is 141 Å². The van der Waals surface area contributed by atoms with E-state index in [9.17, 15) is 86.8 Å². The number of hydrogen-bond donors (Lipinski definition) is 17. The molecule has 8 aromatic rings. The zero-order chi connectivity index (χ0) is 57.2. The molecular weight excluding hydrogens is 1060 g/mol. The molecular formula is C60H50O21. The highest BCUT2D eigenvalue weighted by atomic mass is 16.5. The molecule has 0 amide bonds. The van der Waals surface area contributed by atoms with Crippen LogP contribution in [0.4, 0.5) is 0 Å². The number of aliphatic hydroxyl groups excluding tert-OH is 4. The smallest absolute Gasteiger partial charge is 0.157 e. The topological polar surface area (TPSA) is 381 Å². The van der Waals surface area contributed by atoms with Crippen LogP contribution in [0.3, 0.4) is 0 Å². The molecule has 0 spiro atoms. The van der Waals surface area contributed by atoms with E-state index in [0.717, 1.165) is 48.5 Å². The lowest BCUT2D eigenvalue weighted by atomic mass is 9.72. The Balaban J connectivity index is 1.10. The summed E-state index contributed by atoms with van der Waals surface area (Å²) >= 11 is 0. The van der Waals surface area contributed by atoms with Crippen LogP contribution in [0, 0.1) is 0 Å². The largest absolute Gasteiger partial charge is 0.508 e. The van der Waals surface area contributed by atoms with E-state index >= 15 is 0 Å². The van der Waals surface area contributed by atoms with Gasteiger partial charge in [-0.1, -0.05) is 42.5 Å². The fourth-order valence-corrected chi connectivity index (χ4v) is 11.9. The molecule has 21 heteroatoms.